The Morgan fingerprint density at radius 1 is 1.75 bits per heavy atom. The molecule has 1 aliphatic carbocycles. The van der Waals surface area contributed by atoms with Gasteiger partial charge < -0.3 is 10.1 Å². The molecule has 1 aliphatic heterocycles. The molecular weight excluding hydrogens is 104 g/mol. The van der Waals surface area contributed by atoms with E-state index in [9.17, 15) is 0 Å². The highest BCUT2D eigenvalue weighted by Crippen LogP contribution is 2.41. The molecule has 3 nitrogen and oxygen atoms in total. The fourth-order valence-electron chi connectivity index (χ4n) is 0.848. The first kappa shape index (κ1) is 4.18. The van der Waals surface area contributed by atoms with Gasteiger partial charge in [-0.05, 0) is 12.8 Å². The number of ether oxygens (including phenoxy) is 1. The third-order valence-electron chi connectivity index (χ3n) is 1.57. The standard InChI is InChI=1S/C5H8N2O/c1-8-4-6-5(7-4)2-3-5/h2-3H2,1H3,(H,6,7). The van der Waals surface area contributed by atoms with Crippen molar-refractivity contribution in [2.24, 2.45) is 4.99 Å². The van der Waals surface area contributed by atoms with Gasteiger partial charge in [-0.15, -0.1) is 0 Å². The highest BCUT2D eigenvalue weighted by atomic mass is 16.5. The molecule has 0 aromatic carbocycles. The fraction of sp³-hybridized carbons (Fsp3) is 0.800. The molecule has 2 aliphatic rings. The summed E-state index contributed by atoms with van der Waals surface area (Å²) in [7, 11) is 1.63. The fourth-order valence-corrected chi connectivity index (χ4v) is 0.848. The summed E-state index contributed by atoms with van der Waals surface area (Å²) < 4.78 is 4.80. The lowest BCUT2D eigenvalue weighted by atomic mass is 10.4. The largest absolute Gasteiger partial charge is 0.469 e. The average Bonchev–Trinajstić information content (AvgIpc) is 2.38. The second kappa shape index (κ2) is 0.989. The second-order valence-electron chi connectivity index (χ2n) is 2.28. The molecule has 1 N–H and O–H groups in total. The predicted molar refractivity (Wildman–Crippen MR) is 29.5 cm³/mol. The topological polar surface area (TPSA) is 33.6 Å². The molecule has 0 saturated heterocycles. The van der Waals surface area contributed by atoms with Crippen molar-refractivity contribution < 1.29 is 4.74 Å². The minimum absolute atomic E-state index is 0.158. The maximum Gasteiger partial charge on any atom is 0.288 e. The highest BCUT2D eigenvalue weighted by molar-refractivity contribution is 5.80. The van der Waals surface area contributed by atoms with Gasteiger partial charge in [-0.3, -0.25) is 0 Å². The Labute approximate surface area is 47.7 Å². The summed E-state index contributed by atoms with van der Waals surface area (Å²) in [4.78, 5) is 4.17. The first-order chi connectivity index (χ1) is 3.85. The van der Waals surface area contributed by atoms with Crippen molar-refractivity contribution in [3.8, 4) is 0 Å². The summed E-state index contributed by atoms with van der Waals surface area (Å²) in [6.45, 7) is 0. The van der Waals surface area contributed by atoms with Crippen LogP contribution in [0.5, 0.6) is 0 Å². The van der Waals surface area contributed by atoms with E-state index in [1.807, 2.05) is 0 Å². The van der Waals surface area contributed by atoms with Crippen molar-refractivity contribution in [2.75, 3.05) is 7.11 Å². The van der Waals surface area contributed by atoms with E-state index in [0.717, 1.165) is 0 Å². The minimum Gasteiger partial charge on any atom is -0.469 e. The monoisotopic (exact) mass is 112 g/mol. The lowest BCUT2D eigenvalue weighted by molar-refractivity contribution is 0.327. The van der Waals surface area contributed by atoms with Gasteiger partial charge in [-0.25, -0.2) is 4.99 Å². The third-order valence-corrected chi connectivity index (χ3v) is 1.57. The Bertz CT molecular complexity index is 149. The molecule has 8 heavy (non-hydrogen) atoms. The molecule has 1 spiro atoms. The molecule has 44 valence electrons. The van der Waals surface area contributed by atoms with Gasteiger partial charge in [0.2, 0.25) is 0 Å². The van der Waals surface area contributed by atoms with E-state index in [2.05, 4.69) is 10.3 Å². The van der Waals surface area contributed by atoms with E-state index in [4.69, 9.17) is 4.74 Å². The molecule has 0 bridgehead atoms. The number of methoxy groups -OCH3 is 1. The van der Waals surface area contributed by atoms with Crippen LogP contribution in [0.1, 0.15) is 12.8 Å². The normalized spacial score (nSPS) is 27.9. The summed E-state index contributed by atoms with van der Waals surface area (Å²) in [5.74, 6) is 0. The lowest BCUT2D eigenvalue weighted by Crippen LogP contribution is -2.47. The van der Waals surface area contributed by atoms with Crippen molar-refractivity contribution >= 4 is 6.02 Å². The maximum absolute atomic E-state index is 4.80. The minimum atomic E-state index is 0.158. The van der Waals surface area contributed by atoms with Crippen LogP contribution in [0.2, 0.25) is 0 Å². The van der Waals surface area contributed by atoms with Gasteiger partial charge in [0.1, 0.15) is 5.66 Å². The number of hydrogen-bond acceptors (Lipinski definition) is 3. The van der Waals surface area contributed by atoms with Crippen LogP contribution < -0.4 is 5.32 Å². The van der Waals surface area contributed by atoms with Crippen LogP contribution in [0, 0.1) is 0 Å². The molecular formula is C5H8N2O. The van der Waals surface area contributed by atoms with Gasteiger partial charge in [0, 0.05) is 0 Å². The number of aliphatic imine (C=N–C) groups is 1. The van der Waals surface area contributed by atoms with Gasteiger partial charge in [0.05, 0.1) is 7.11 Å². The number of hydrogen-bond donors (Lipinski definition) is 1. The Morgan fingerprint density at radius 3 is 2.75 bits per heavy atom. The van der Waals surface area contributed by atoms with Crippen LogP contribution in [-0.4, -0.2) is 18.8 Å². The first-order valence-corrected chi connectivity index (χ1v) is 2.77. The molecule has 0 aromatic rings. The molecule has 1 saturated carbocycles. The molecule has 1 heterocycles. The molecule has 0 aromatic heterocycles. The van der Waals surface area contributed by atoms with Crippen molar-refractivity contribution in [3.05, 3.63) is 0 Å². The summed E-state index contributed by atoms with van der Waals surface area (Å²) in [5.41, 5.74) is 0.158. The molecule has 1 fully saturated rings. The van der Waals surface area contributed by atoms with E-state index in [-0.39, 0.29) is 5.66 Å². The predicted octanol–water partition coefficient (Wildman–Crippen LogP) is 0.0821. The molecule has 0 amide bonds. The Hall–Kier alpha value is -0.730. The van der Waals surface area contributed by atoms with Crippen LogP contribution in [-0.2, 0) is 4.74 Å². The molecule has 2 rings (SSSR count). The third kappa shape index (κ3) is 0.363. The van der Waals surface area contributed by atoms with Crippen LogP contribution in [0.25, 0.3) is 0 Å². The zero-order valence-electron chi connectivity index (χ0n) is 4.77. The van der Waals surface area contributed by atoms with E-state index >= 15 is 0 Å². The van der Waals surface area contributed by atoms with Gasteiger partial charge >= 0.3 is 0 Å². The Morgan fingerprint density at radius 2 is 2.38 bits per heavy atom. The van der Waals surface area contributed by atoms with Crippen LogP contribution in [0.4, 0.5) is 0 Å². The average molecular weight is 112 g/mol. The molecule has 0 atom stereocenters. The lowest BCUT2D eigenvalue weighted by Gasteiger charge is -2.24. The number of amidine groups is 1. The Kier molecular flexibility index (Phi) is 0.517. The summed E-state index contributed by atoms with van der Waals surface area (Å²) >= 11 is 0. The number of nitrogens with zero attached hydrogens (tertiary/aromatic N) is 1. The zero-order chi connectivity index (χ0) is 5.61. The zero-order valence-corrected chi connectivity index (χ0v) is 4.77. The Balaban J connectivity index is 2.07. The molecule has 3 heteroatoms. The van der Waals surface area contributed by atoms with Crippen LogP contribution >= 0.6 is 0 Å². The van der Waals surface area contributed by atoms with Gasteiger partial charge in [0.25, 0.3) is 6.02 Å². The summed E-state index contributed by atoms with van der Waals surface area (Å²) in [6, 6.07) is 0.697. The second-order valence-corrected chi connectivity index (χ2v) is 2.28. The quantitative estimate of drug-likeness (QED) is 0.481. The van der Waals surface area contributed by atoms with E-state index in [1.165, 1.54) is 12.8 Å². The first-order valence-electron chi connectivity index (χ1n) is 2.77. The van der Waals surface area contributed by atoms with Crippen molar-refractivity contribution in [3.63, 3.8) is 0 Å². The SMILES string of the molecule is COC1=NC2(CC2)N1. The molecule has 0 unspecified atom stereocenters. The smallest absolute Gasteiger partial charge is 0.288 e. The maximum atomic E-state index is 4.80. The van der Waals surface area contributed by atoms with E-state index in [0.29, 0.717) is 6.02 Å². The van der Waals surface area contributed by atoms with Crippen molar-refractivity contribution in [2.45, 2.75) is 18.5 Å². The van der Waals surface area contributed by atoms with Crippen LogP contribution in [0.15, 0.2) is 4.99 Å². The van der Waals surface area contributed by atoms with Gasteiger partial charge in [-0.1, -0.05) is 0 Å². The number of nitrogens with one attached hydrogen (secondary N) is 1. The van der Waals surface area contributed by atoms with Crippen molar-refractivity contribution in [1.29, 1.82) is 0 Å². The molecule has 0 radical (unpaired) electrons. The summed E-state index contributed by atoms with van der Waals surface area (Å²) in [5, 5.41) is 3.11. The summed E-state index contributed by atoms with van der Waals surface area (Å²) in [6.07, 6.45) is 2.36. The van der Waals surface area contributed by atoms with Crippen molar-refractivity contribution in [1.82, 2.24) is 5.32 Å². The number of rotatable bonds is 0. The van der Waals surface area contributed by atoms with Gasteiger partial charge in [0.15, 0.2) is 0 Å². The van der Waals surface area contributed by atoms with E-state index < -0.39 is 0 Å². The van der Waals surface area contributed by atoms with Gasteiger partial charge in [-0.2, -0.15) is 0 Å². The highest BCUT2D eigenvalue weighted by Gasteiger charge is 2.50. The van der Waals surface area contributed by atoms with Crippen LogP contribution in [0.3, 0.4) is 0 Å². The van der Waals surface area contributed by atoms with E-state index in [1.54, 1.807) is 7.11 Å².